The van der Waals surface area contributed by atoms with E-state index in [0.717, 1.165) is 5.69 Å². The molecule has 104 valence electrons. The van der Waals surface area contributed by atoms with Gasteiger partial charge in [-0.3, -0.25) is 14.5 Å². The van der Waals surface area contributed by atoms with Crippen LogP contribution in [0.25, 0.3) is 5.69 Å². The molecule has 3 aromatic rings. The lowest BCUT2D eigenvalue weighted by Gasteiger charge is -2.03. The summed E-state index contributed by atoms with van der Waals surface area (Å²) >= 11 is 0. The average Bonchev–Trinajstić information content (AvgIpc) is 2.81. The second-order valence-electron chi connectivity index (χ2n) is 4.43. The fraction of sp³-hybridized carbons (Fsp3) is 0. The molecule has 0 saturated carbocycles. The van der Waals surface area contributed by atoms with E-state index < -0.39 is 5.69 Å². The van der Waals surface area contributed by atoms with Crippen LogP contribution in [0.4, 0.5) is 5.69 Å². The van der Waals surface area contributed by atoms with Crippen LogP contribution < -0.4 is 5.69 Å². The molecule has 0 saturated heterocycles. The molecule has 0 spiro atoms. The van der Waals surface area contributed by atoms with E-state index in [1.807, 2.05) is 48.5 Å². The summed E-state index contributed by atoms with van der Waals surface area (Å²) in [5.74, 6) is -0.205. The van der Waals surface area contributed by atoms with Crippen molar-refractivity contribution in [2.24, 2.45) is 4.99 Å². The summed E-state index contributed by atoms with van der Waals surface area (Å²) in [6.45, 7) is 0. The molecule has 2 aromatic carbocycles. The van der Waals surface area contributed by atoms with E-state index in [2.05, 4.69) is 9.98 Å². The summed E-state index contributed by atoms with van der Waals surface area (Å²) in [5, 5.41) is 9.88. The van der Waals surface area contributed by atoms with Gasteiger partial charge in [0.25, 0.3) is 0 Å². The van der Waals surface area contributed by atoms with Crippen molar-refractivity contribution in [3.8, 4) is 11.6 Å². The molecule has 2 N–H and O–H groups in total. The molecule has 0 unspecified atom stereocenters. The molecule has 0 radical (unpaired) electrons. The van der Waals surface area contributed by atoms with Crippen molar-refractivity contribution in [3.05, 3.63) is 76.8 Å². The molecule has 1 aromatic heterocycles. The van der Waals surface area contributed by atoms with Gasteiger partial charge in [-0.15, -0.1) is 0 Å². The van der Waals surface area contributed by atoms with Gasteiger partial charge in [-0.05, 0) is 24.3 Å². The SMILES string of the molecule is O=c1[nH]c(O)c(C=Nc2ccccc2)n1-c1ccccc1. The van der Waals surface area contributed by atoms with Gasteiger partial charge in [0.2, 0.25) is 5.88 Å². The first-order valence-corrected chi connectivity index (χ1v) is 6.44. The Balaban J connectivity index is 2.07. The van der Waals surface area contributed by atoms with Gasteiger partial charge in [0.05, 0.1) is 17.6 Å². The summed E-state index contributed by atoms with van der Waals surface area (Å²) in [5.41, 5.74) is 1.31. The maximum absolute atomic E-state index is 12.0. The zero-order valence-corrected chi connectivity index (χ0v) is 11.1. The maximum Gasteiger partial charge on any atom is 0.333 e. The van der Waals surface area contributed by atoms with Crippen LogP contribution >= 0.6 is 0 Å². The lowest BCUT2D eigenvalue weighted by atomic mass is 10.3. The third kappa shape index (κ3) is 2.62. The summed E-state index contributed by atoms with van der Waals surface area (Å²) in [6.07, 6.45) is 1.47. The number of rotatable bonds is 3. The van der Waals surface area contributed by atoms with E-state index in [0.29, 0.717) is 11.4 Å². The zero-order valence-electron chi connectivity index (χ0n) is 11.1. The van der Waals surface area contributed by atoms with Crippen LogP contribution in [0.5, 0.6) is 5.88 Å². The number of nitrogens with one attached hydrogen (secondary N) is 1. The fourth-order valence-corrected chi connectivity index (χ4v) is 2.04. The number of aromatic hydroxyl groups is 1. The number of para-hydroxylation sites is 2. The Morgan fingerprint density at radius 1 is 1.00 bits per heavy atom. The number of H-pyrrole nitrogens is 1. The molecule has 0 amide bonds. The van der Waals surface area contributed by atoms with Crippen molar-refractivity contribution in [1.82, 2.24) is 9.55 Å². The van der Waals surface area contributed by atoms with Crippen LogP contribution in [-0.2, 0) is 0 Å². The fourth-order valence-electron chi connectivity index (χ4n) is 2.04. The molecule has 0 aliphatic heterocycles. The van der Waals surface area contributed by atoms with Crippen LogP contribution in [0.3, 0.4) is 0 Å². The molecular weight excluding hydrogens is 266 g/mol. The maximum atomic E-state index is 12.0. The number of hydrogen-bond acceptors (Lipinski definition) is 3. The monoisotopic (exact) mass is 279 g/mol. The van der Waals surface area contributed by atoms with E-state index in [-0.39, 0.29) is 5.88 Å². The van der Waals surface area contributed by atoms with Gasteiger partial charge in [-0.25, -0.2) is 4.79 Å². The van der Waals surface area contributed by atoms with Crippen molar-refractivity contribution < 1.29 is 5.11 Å². The molecular formula is C16H13N3O2. The number of aliphatic imine (C=N–C) groups is 1. The third-order valence-corrected chi connectivity index (χ3v) is 3.02. The molecule has 3 rings (SSSR count). The molecule has 0 fully saturated rings. The highest BCUT2D eigenvalue weighted by Crippen LogP contribution is 2.16. The Morgan fingerprint density at radius 3 is 2.29 bits per heavy atom. The average molecular weight is 279 g/mol. The van der Waals surface area contributed by atoms with E-state index in [1.54, 1.807) is 12.1 Å². The third-order valence-electron chi connectivity index (χ3n) is 3.02. The minimum Gasteiger partial charge on any atom is -0.493 e. The molecule has 5 heteroatoms. The highest BCUT2D eigenvalue weighted by atomic mass is 16.3. The lowest BCUT2D eigenvalue weighted by Crippen LogP contribution is -2.16. The van der Waals surface area contributed by atoms with Gasteiger partial charge < -0.3 is 5.11 Å². The number of nitrogens with zero attached hydrogens (tertiary/aromatic N) is 2. The Bertz CT molecular complexity index is 818. The molecule has 0 bridgehead atoms. The molecule has 0 aliphatic carbocycles. The molecule has 5 nitrogen and oxygen atoms in total. The Morgan fingerprint density at radius 2 is 1.62 bits per heavy atom. The van der Waals surface area contributed by atoms with Crippen LogP contribution in [-0.4, -0.2) is 20.9 Å². The summed E-state index contributed by atoms with van der Waals surface area (Å²) in [6, 6.07) is 18.4. The number of hydrogen-bond donors (Lipinski definition) is 2. The lowest BCUT2D eigenvalue weighted by molar-refractivity contribution is 0.454. The van der Waals surface area contributed by atoms with Gasteiger partial charge in [-0.2, -0.15) is 0 Å². The standard InChI is InChI=1S/C16H13N3O2/c20-15-14(11-17-12-7-3-1-4-8-12)19(16(21)18-15)13-9-5-2-6-10-13/h1-11,20H,(H,18,21). The molecule has 0 aliphatic rings. The highest BCUT2D eigenvalue weighted by molar-refractivity contribution is 5.83. The Kier molecular flexibility index (Phi) is 3.39. The molecule has 1 heterocycles. The van der Waals surface area contributed by atoms with Gasteiger partial charge >= 0.3 is 5.69 Å². The van der Waals surface area contributed by atoms with Gasteiger partial charge in [0, 0.05) is 0 Å². The topological polar surface area (TPSA) is 70.4 Å². The van der Waals surface area contributed by atoms with E-state index in [1.165, 1.54) is 10.8 Å². The van der Waals surface area contributed by atoms with Crippen LogP contribution in [0.1, 0.15) is 5.69 Å². The first kappa shape index (κ1) is 12.9. The summed E-state index contributed by atoms with van der Waals surface area (Å²) < 4.78 is 1.38. The van der Waals surface area contributed by atoms with E-state index in [4.69, 9.17) is 0 Å². The number of imidazole rings is 1. The molecule has 0 atom stereocenters. The quantitative estimate of drug-likeness (QED) is 0.723. The van der Waals surface area contributed by atoms with Gasteiger partial charge in [0.1, 0.15) is 5.69 Å². The molecule has 21 heavy (non-hydrogen) atoms. The van der Waals surface area contributed by atoms with Crippen molar-refractivity contribution in [3.63, 3.8) is 0 Å². The van der Waals surface area contributed by atoms with Crippen LogP contribution in [0.15, 0.2) is 70.5 Å². The van der Waals surface area contributed by atoms with Gasteiger partial charge in [0.15, 0.2) is 0 Å². The van der Waals surface area contributed by atoms with Gasteiger partial charge in [-0.1, -0.05) is 36.4 Å². The summed E-state index contributed by atoms with van der Waals surface area (Å²) in [7, 11) is 0. The Labute approximate surface area is 120 Å². The minimum atomic E-state index is -0.409. The number of aromatic nitrogens is 2. The normalized spacial score (nSPS) is 11.0. The second-order valence-corrected chi connectivity index (χ2v) is 4.43. The Hall–Kier alpha value is -3.08. The van der Waals surface area contributed by atoms with Crippen LogP contribution in [0, 0.1) is 0 Å². The van der Waals surface area contributed by atoms with Crippen molar-refractivity contribution in [2.75, 3.05) is 0 Å². The van der Waals surface area contributed by atoms with E-state index in [9.17, 15) is 9.90 Å². The van der Waals surface area contributed by atoms with Crippen LogP contribution in [0.2, 0.25) is 0 Å². The first-order chi connectivity index (χ1) is 10.3. The van der Waals surface area contributed by atoms with Crippen molar-refractivity contribution >= 4 is 11.9 Å². The van der Waals surface area contributed by atoms with Crippen molar-refractivity contribution in [1.29, 1.82) is 0 Å². The second kappa shape index (κ2) is 5.50. The number of benzene rings is 2. The minimum absolute atomic E-state index is 0.205. The smallest absolute Gasteiger partial charge is 0.333 e. The van der Waals surface area contributed by atoms with Crippen molar-refractivity contribution in [2.45, 2.75) is 0 Å². The largest absolute Gasteiger partial charge is 0.493 e. The predicted molar refractivity (Wildman–Crippen MR) is 81.8 cm³/mol. The highest BCUT2D eigenvalue weighted by Gasteiger charge is 2.12. The van der Waals surface area contributed by atoms with E-state index >= 15 is 0 Å². The first-order valence-electron chi connectivity index (χ1n) is 6.44. The zero-order chi connectivity index (χ0) is 14.7. The number of aromatic amines is 1. The predicted octanol–water partition coefficient (Wildman–Crippen LogP) is 2.62. The summed E-state index contributed by atoms with van der Waals surface area (Å²) in [4.78, 5) is 18.6.